The average molecular weight is 233 g/mol. The van der Waals surface area contributed by atoms with Gasteiger partial charge in [0.25, 0.3) is 0 Å². The zero-order valence-electron chi connectivity index (χ0n) is 11.4. The Bertz CT molecular complexity index is 264. The summed E-state index contributed by atoms with van der Waals surface area (Å²) in [5, 5.41) is 3.55. The molecule has 0 saturated carbocycles. The van der Waals surface area contributed by atoms with Gasteiger partial charge in [0.2, 0.25) is 0 Å². The molecule has 1 rings (SSSR count). The van der Waals surface area contributed by atoms with Crippen LogP contribution in [0.15, 0.2) is 30.3 Å². The first-order valence-electron chi connectivity index (χ1n) is 7.11. The van der Waals surface area contributed by atoms with E-state index in [0.29, 0.717) is 0 Å². The van der Waals surface area contributed by atoms with Crippen LogP contribution in [0.2, 0.25) is 0 Å². The second kappa shape index (κ2) is 9.23. The van der Waals surface area contributed by atoms with E-state index < -0.39 is 0 Å². The maximum atomic E-state index is 3.55. The van der Waals surface area contributed by atoms with E-state index in [2.05, 4.69) is 49.5 Å². The van der Waals surface area contributed by atoms with E-state index in [-0.39, 0.29) is 0 Å². The summed E-state index contributed by atoms with van der Waals surface area (Å²) in [5.74, 6) is 0.914. The number of hydrogen-bond acceptors (Lipinski definition) is 1. The monoisotopic (exact) mass is 233 g/mol. The van der Waals surface area contributed by atoms with Crippen molar-refractivity contribution >= 4 is 0 Å². The van der Waals surface area contributed by atoms with Crippen LogP contribution in [0.5, 0.6) is 0 Å². The molecule has 1 aromatic rings. The van der Waals surface area contributed by atoms with Crippen molar-refractivity contribution in [1.82, 2.24) is 5.32 Å². The van der Waals surface area contributed by atoms with E-state index in [1.54, 1.807) is 0 Å². The lowest BCUT2D eigenvalue weighted by molar-refractivity contribution is 0.438. The highest BCUT2D eigenvalue weighted by Crippen LogP contribution is 2.10. The highest BCUT2D eigenvalue weighted by Gasteiger charge is 2.01. The van der Waals surface area contributed by atoms with E-state index in [9.17, 15) is 0 Å². The minimum Gasteiger partial charge on any atom is -0.317 e. The van der Waals surface area contributed by atoms with Crippen molar-refractivity contribution in [2.45, 2.75) is 46.0 Å². The summed E-state index contributed by atoms with van der Waals surface area (Å²) in [6.07, 6.45) is 6.41. The van der Waals surface area contributed by atoms with Crippen LogP contribution in [0.4, 0.5) is 0 Å². The molecule has 0 aromatic heterocycles. The number of benzene rings is 1. The third-order valence-corrected chi connectivity index (χ3v) is 3.55. The fourth-order valence-electron chi connectivity index (χ4n) is 2.19. The van der Waals surface area contributed by atoms with Crippen LogP contribution < -0.4 is 5.32 Å². The van der Waals surface area contributed by atoms with Crippen molar-refractivity contribution in [3.63, 3.8) is 0 Å². The third-order valence-electron chi connectivity index (χ3n) is 3.55. The van der Waals surface area contributed by atoms with Gasteiger partial charge in [0.15, 0.2) is 0 Å². The molecule has 96 valence electrons. The molecule has 1 nitrogen and oxygen atoms in total. The first kappa shape index (κ1) is 14.2. The van der Waals surface area contributed by atoms with Crippen molar-refractivity contribution in [3.8, 4) is 0 Å². The Balaban J connectivity index is 1.98. The molecule has 0 aliphatic heterocycles. The fraction of sp³-hybridized carbons (Fsp3) is 0.625. The van der Waals surface area contributed by atoms with E-state index in [1.165, 1.54) is 44.2 Å². The van der Waals surface area contributed by atoms with Crippen LogP contribution >= 0.6 is 0 Å². The number of nitrogens with one attached hydrogen (secondary N) is 1. The quantitative estimate of drug-likeness (QED) is 0.635. The van der Waals surface area contributed by atoms with E-state index in [0.717, 1.165) is 12.5 Å². The lowest BCUT2D eigenvalue weighted by Crippen LogP contribution is -2.19. The molecule has 0 aliphatic carbocycles. The molecular weight excluding hydrogens is 206 g/mol. The molecule has 1 heteroatoms. The molecule has 1 aromatic carbocycles. The summed E-state index contributed by atoms with van der Waals surface area (Å²) < 4.78 is 0. The van der Waals surface area contributed by atoms with Gasteiger partial charge in [0, 0.05) is 0 Å². The zero-order valence-corrected chi connectivity index (χ0v) is 11.4. The van der Waals surface area contributed by atoms with Gasteiger partial charge in [0.05, 0.1) is 0 Å². The topological polar surface area (TPSA) is 12.0 Å². The first-order valence-corrected chi connectivity index (χ1v) is 7.11. The SMILES string of the molecule is CCC(CC)CCNCCCc1ccccc1. The molecule has 0 fully saturated rings. The van der Waals surface area contributed by atoms with Crippen molar-refractivity contribution in [2.24, 2.45) is 5.92 Å². The molecule has 0 atom stereocenters. The predicted molar refractivity (Wildman–Crippen MR) is 76.3 cm³/mol. The van der Waals surface area contributed by atoms with Gasteiger partial charge in [-0.1, -0.05) is 57.0 Å². The van der Waals surface area contributed by atoms with Crippen LogP contribution in [0.25, 0.3) is 0 Å². The van der Waals surface area contributed by atoms with Crippen molar-refractivity contribution < 1.29 is 0 Å². The molecule has 0 aliphatic rings. The Hall–Kier alpha value is -0.820. The third kappa shape index (κ3) is 6.48. The number of rotatable bonds is 9. The number of hydrogen-bond donors (Lipinski definition) is 1. The molecule has 0 bridgehead atoms. The van der Waals surface area contributed by atoms with Gasteiger partial charge in [-0.3, -0.25) is 0 Å². The van der Waals surface area contributed by atoms with Gasteiger partial charge in [-0.25, -0.2) is 0 Å². The van der Waals surface area contributed by atoms with Crippen LogP contribution in [-0.4, -0.2) is 13.1 Å². The fourth-order valence-corrected chi connectivity index (χ4v) is 2.19. The van der Waals surface area contributed by atoms with Crippen molar-refractivity contribution in [3.05, 3.63) is 35.9 Å². The van der Waals surface area contributed by atoms with E-state index >= 15 is 0 Å². The lowest BCUT2D eigenvalue weighted by Gasteiger charge is -2.12. The standard InChI is InChI=1S/C16H27N/c1-3-15(4-2)12-14-17-13-8-11-16-9-6-5-7-10-16/h5-7,9-10,15,17H,3-4,8,11-14H2,1-2H3. The first-order chi connectivity index (χ1) is 8.36. The summed E-state index contributed by atoms with van der Waals surface area (Å²) in [5.41, 5.74) is 1.45. The Morgan fingerprint density at radius 1 is 1.00 bits per heavy atom. The predicted octanol–water partition coefficient (Wildman–Crippen LogP) is 4.04. The van der Waals surface area contributed by atoms with Gasteiger partial charge >= 0.3 is 0 Å². The summed E-state index contributed by atoms with van der Waals surface area (Å²) in [7, 11) is 0. The molecule has 0 heterocycles. The summed E-state index contributed by atoms with van der Waals surface area (Å²) in [6, 6.07) is 10.7. The lowest BCUT2D eigenvalue weighted by atomic mass is 10.00. The van der Waals surface area contributed by atoms with Crippen LogP contribution in [-0.2, 0) is 6.42 Å². The van der Waals surface area contributed by atoms with Crippen LogP contribution in [0, 0.1) is 5.92 Å². The smallest absolute Gasteiger partial charge is 0.00457 e. The number of aryl methyl sites for hydroxylation is 1. The molecule has 0 spiro atoms. The largest absolute Gasteiger partial charge is 0.317 e. The van der Waals surface area contributed by atoms with Crippen molar-refractivity contribution in [2.75, 3.05) is 13.1 Å². The zero-order chi connectivity index (χ0) is 12.3. The van der Waals surface area contributed by atoms with Gasteiger partial charge in [-0.05, 0) is 43.8 Å². The normalized spacial score (nSPS) is 11.0. The highest BCUT2D eigenvalue weighted by atomic mass is 14.8. The van der Waals surface area contributed by atoms with Crippen LogP contribution in [0.1, 0.15) is 45.1 Å². The summed E-state index contributed by atoms with van der Waals surface area (Å²) >= 11 is 0. The Kier molecular flexibility index (Phi) is 7.74. The van der Waals surface area contributed by atoms with Crippen molar-refractivity contribution in [1.29, 1.82) is 0 Å². The average Bonchev–Trinajstić information content (AvgIpc) is 2.39. The maximum absolute atomic E-state index is 3.55. The Morgan fingerprint density at radius 2 is 1.71 bits per heavy atom. The van der Waals surface area contributed by atoms with Gasteiger partial charge in [0.1, 0.15) is 0 Å². The van der Waals surface area contributed by atoms with Gasteiger partial charge in [-0.15, -0.1) is 0 Å². The minimum absolute atomic E-state index is 0.914. The van der Waals surface area contributed by atoms with Gasteiger partial charge in [-0.2, -0.15) is 0 Å². The molecule has 1 N–H and O–H groups in total. The molecule has 17 heavy (non-hydrogen) atoms. The molecular formula is C16H27N. The minimum atomic E-state index is 0.914. The van der Waals surface area contributed by atoms with Crippen LogP contribution in [0.3, 0.4) is 0 Å². The maximum Gasteiger partial charge on any atom is -0.00457 e. The Labute approximate surface area is 107 Å². The summed E-state index contributed by atoms with van der Waals surface area (Å²) in [6.45, 7) is 6.92. The summed E-state index contributed by atoms with van der Waals surface area (Å²) in [4.78, 5) is 0. The Morgan fingerprint density at radius 3 is 2.35 bits per heavy atom. The second-order valence-corrected chi connectivity index (χ2v) is 4.81. The molecule has 0 saturated heterocycles. The van der Waals surface area contributed by atoms with E-state index in [1.807, 2.05) is 0 Å². The molecule has 0 unspecified atom stereocenters. The van der Waals surface area contributed by atoms with E-state index in [4.69, 9.17) is 0 Å². The molecule has 0 amide bonds. The second-order valence-electron chi connectivity index (χ2n) is 4.81. The molecule has 0 radical (unpaired) electrons. The highest BCUT2D eigenvalue weighted by molar-refractivity contribution is 5.14. The van der Waals surface area contributed by atoms with Gasteiger partial charge < -0.3 is 5.32 Å².